The molecule has 1 heterocycles. The molecule has 0 aliphatic heterocycles. The van der Waals surface area contributed by atoms with Crippen LogP contribution in [0.2, 0.25) is 0 Å². The van der Waals surface area contributed by atoms with E-state index < -0.39 is 0 Å². The van der Waals surface area contributed by atoms with Gasteiger partial charge in [0.25, 0.3) is 5.91 Å². The third kappa shape index (κ3) is 3.37. The van der Waals surface area contributed by atoms with E-state index in [1.165, 1.54) is 0 Å². The van der Waals surface area contributed by atoms with E-state index in [-0.39, 0.29) is 5.91 Å². The number of aromatic nitrogens is 2. The molecule has 0 aliphatic rings. The molecule has 3 aromatic rings. The Morgan fingerprint density at radius 2 is 1.96 bits per heavy atom. The summed E-state index contributed by atoms with van der Waals surface area (Å²) in [6, 6.07) is 15.0. The van der Waals surface area contributed by atoms with Gasteiger partial charge in [-0.05, 0) is 60.4 Å². The number of nitrogens with zero attached hydrogens (tertiary/aromatic N) is 2. The first-order chi connectivity index (χ1) is 11.2. The van der Waals surface area contributed by atoms with Crippen LogP contribution in [0.3, 0.4) is 0 Å². The van der Waals surface area contributed by atoms with Crippen molar-refractivity contribution in [3.63, 3.8) is 0 Å². The van der Waals surface area contributed by atoms with E-state index in [1.807, 2.05) is 55.5 Å². The van der Waals surface area contributed by atoms with E-state index in [1.54, 1.807) is 7.11 Å². The molecule has 1 amide bonds. The Morgan fingerprint density at radius 3 is 2.65 bits per heavy atom. The molecule has 0 atom stereocenters. The predicted molar refractivity (Wildman–Crippen MR) is 91.0 cm³/mol. The number of nitrogens with one attached hydrogen (secondary N) is 1. The van der Waals surface area contributed by atoms with Gasteiger partial charge in [0.15, 0.2) is 0 Å². The zero-order valence-electron chi connectivity index (χ0n) is 12.7. The maximum atomic E-state index is 12.5. The number of anilines is 1. The van der Waals surface area contributed by atoms with E-state index in [2.05, 4.69) is 14.9 Å². The highest BCUT2D eigenvalue weighted by Gasteiger charge is 2.18. The van der Waals surface area contributed by atoms with Gasteiger partial charge in [-0.15, -0.1) is 5.10 Å². The zero-order valence-corrected chi connectivity index (χ0v) is 13.6. The summed E-state index contributed by atoms with van der Waals surface area (Å²) in [6.45, 7) is 1.98. The normalized spacial score (nSPS) is 10.3. The van der Waals surface area contributed by atoms with Crippen LogP contribution < -0.4 is 10.1 Å². The second-order valence-electron chi connectivity index (χ2n) is 5.00. The first kappa shape index (κ1) is 15.2. The number of hydrogen-bond donors (Lipinski definition) is 1. The highest BCUT2D eigenvalue weighted by molar-refractivity contribution is 7.08. The first-order valence-corrected chi connectivity index (χ1v) is 7.79. The highest BCUT2D eigenvalue weighted by Crippen LogP contribution is 2.26. The molecule has 0 bridgehead atoms. The minimum atomic E-state index is -0.212. The molecule has 6 heteroatoms. The van der Waals surface area contributed by atoms with Crippen molar-refractivity contribution in [2.24, 2.45) is 0 Å². The molecule has 0 saturated heterocycles. The van der Waals surface area contributed by atoms with Crippen molar-refractivity contribution in [2.45, 2.75) is 6.92 Å². The quantitative estimate of drug-likeness (QED) is 0.793. The van der Waals surface area contributed by atoms with Crippen LogP contribution >= 0.6 is 11.5 Å². The topological polar surface area (TPSA) is 64.1 Å². The van der Waals surface area contributed by atoms with Crippen molar-refractivity contribution >= 4 is 23.1 Å². The van der Waals surface area contributed by atoms with E-state index in [4.69, 9.17) is 4.74 Å². The van der Waals surface area contributed by atoms with Crippen molar-refractivity contribution in [3.8, 4) is 17.0 Å². The van der Waals surface area contributed by atoms with Crippen LogP contribution in [0.1, 0.15) is 15.2 Å². The number of ether oxygens (including phenoxy) is 1. The van der Waals surface area contributed by atoms with Gasteiger partial charge >= 0.3 is 0 Å². The van der Waals surface area contributed by atoms with Crippen molar-refractivity contribution in [2.75, 3.05) is 12.4 Å². The molecule has 3 rings (SSSR count). The van der Waals surface area contributed by atoms with E-state index in [9.17, 15) is 4.79 Å². The molecular formula is C17H15N3O2S. The van der Waals surface area contributed by atoms with E-state index >= 15 is 0 Å². The molecule has 0 radical (unpaired) electrons. The fourth-order valence-electron chi connectivity index (χ4n) is 2.19. The van der Waals surface area contributed by atoms with Crippen LogP contribution in [0, 0.1) is 6.92 Å². The number of amides is 1. The standard InChI is InChI=1S/C17H15N3O2S/c1-11-4-3-5-13(10-11)18-17(21)16-15(19-20-23-16)12-6-8-14(22-2)9-7-12/h3-10H,1-2H3,(H,18,21). The van der Waals surface area contributed by atoms with Crippen LogP contribution in [-0.2, 0) is 0 Å². The summed E-state index contributed by atoms with van der Waals surface area (Å²) >= 11 is 1.08. The van der Waals surface area contributed by atoms with Crippen molar-refractivity contribution in [1.82, 2.24) is 9.59 Å². The third-order valence-corrected chi connectivity index (χ3v) is 4.06. The Bertz CT molecular complexity index is 828. The number of benzene rings is 2. The largest absolute Gasteiger partial charge is 0.497 e. The predicted octanol–water partition coefficient (Wildman–Crippen LogP) is 3.77. The molecule has 0 saturated carbocycles. The lowest BCUT2D eigenvalue weighted by atomic mass is 10.1. The summed E-state index contributed by atoms with van der Waals surface area (Å²) in [5.41, 5.74) is 3.24. The fraction of sp³-hybridized carbons (Fsp3) is 0.118. The Balaban J connectivity index is 1.86. The number of carbonyl (C=O) groups excluding carboxylic acids is 1. The van der Waals surface area contributed by atoms with Crippen molar-refractivity contribution in [1.29, 1.82) is 0 Å². The summed E-state index contributed by atoms with van der Waals surface area (Å²) in [5.74, 6) is 0.541. The third-order valence-electron chi connectivity index (χ3n) is 3.33. The second kappa shape index (κ2) is 6.58. The Kier molecular flexibility index (Phi) is 4.34. The minimum absolute atomic E-state index is 0.212. The summed E-state index contributed by atoms with van der Waals surface area (Å²) in [5, 5.41) is 6.97. The maximum absolute atomic E-state index is 12.5. The molecule has 0 fully saturated rings. The fourth-order valence-corrected chi connectivity index (χ4v) is 2.77. The summed E-state index contributed by atoms with van der Waals surface area (Å²) in [4.78, 5) is 13.0. The van der Waals surface area contributed by atoms with Gasteiger partial charge in [-0.25, -0.2) is 0 Å². The number of hydrogen-bond acceptors (Lipinski definition) is 5. The molecule has 1 N–H and O–H groups in total. The van der Waals surface area contributed by atoms with E-state index in [0.717, 1.165) is 34.1 Å². The van der Waals surface area contributed by atoms with Gasteiger partial charge < -0.3 is 10.1 Å². The highest BCUT2D eigenvalue weighted by atomic mass is 32.1. The molecule has 5 nitrogen and oxygen atoms in total. The van der Waals surface area contributed by atoms with Gasteiger partial charge in [-0.1, -0.05) is 16.6 Å². The Morgan fingerprint density at radius 1 is 1.17 bits per heavy atom. The molecule has 0 spiro atoms. The molecule has 0 aliphatic carbocycles. The lowest BCUT2D eigenvalue weighted by molar-refractivity contribution is 0.103. The molecule has 23 heavy (non-hydrogen) atoms. The number of aryl methyl sites for hydroxylation is 1. The monoisotopic (exact) mass is 325 g/mol. The van der Waals surface area contributed by atoms with Crippen LogP contribution in [0.4, 0.5) is 5.69 Å². The maximum Gasteiger partial charge on any atom is 0.269 e. The lowest BCUT2D eigenvalue weighted by Gasteiger charge is -2.06. The summed E-state index contributed by atoms with van der Waals surface area (Å²) < 4.78 is 9.06. The smallest absolute Gasteiger partial charge is 0.269 e. The average Bonchev–Trinajstić information content (AvgIpc) is 3.05. The Labute approximate surface area is 138 Å². The van der Waals surface area contributed by atoms with Crippen LogP contribution in [0.5, 0.6) is 5.75 Å². The minimum Gasteiger partial charge on any atom is -0.497 e. The average molecular weight is 325 g/mol. The molecule has 0 unspecified atom stereocenters. The van der Waals surface area contributed by atoms with Crippen LogP contribution in [0.25, 0.3) is 11.3 Å². The summed E-state index contributed by atoms with van der Waals surface area (Å²) in [6.07, 6.45) is 0. The van der Waals surface area contributed by atoms with Crippen molar-refractivity contribution in [3.05, 3.63) is 59.0 Å². The van der Waals surface area contributed by atoms with Gasteiger partial charge in [0.2, 0.25) is 0 Å². The number of carbonyl (C=O) groups is 1. The lowest BCUT2D eigenvalue weighted by Crippen LogP contribution is -2.11. The van der Waals surface area contributed by atoms with Gasteiger partial charge in [0.1, 0.15) is 16.3 Å². The number of rotatable bonds is 4. The molecule has 1 aromatic heterocycles. The molecule has 2 aromatic carbocycles. The van der Waals surface area contributed by atoms with E-state index in [0.29, 0.717) is 10.6 Å². The van der Waals surface area contributed by atoms with Gasteiger partial charge in [0, 0.05) is 11.3 Å². The Hall–Kier alpha value is -2.73. The van der Waals surface area contributed by atoms with Gasteiger partial charge in [-0.2, -0.15) is 0 Å². The van der Waals surface area contributed by atoms with Gasteiger partial charge in [0.05, 0.1) is 7.11 Å². The van der Waals surface area contributed by atoms with Gasteiger partial charge in [-0.3, -0.25) is 4.79 Å². The molecular weight excluding hydrogens is 310 g/mol. The molecule has 116 valence electrons. The second-order valence-corrected chi connectivity index (χ2v) is 5.76. The van der Waals surface area contributed by atoms with Crippen LogP contribution in [-0.4, -0.2) is 22.6 Å². The summed E-state index contributed by atoms with van der Waals surface area (Å²) in [7, 11) is 1.61. The number of methoxy groups -OCH3 is 1. The van der Waals surface area contributed by atoms with Crippen molar-refractivity contribution < 1.29 is 9.53 Å². The van der Waals surface area contributed by atoms with Crippen LogP contribution in [0.15, 0.2) is 48.5 Å². The first-order valence-electron chi connectivity index (χ1n) is 7.02. The SMILES string of the molecule is COc1ccc(-c2nnsc2C(=O)Nc2cccc(C)c2)cc1. The zero-order chi connectivity index (χ0) is 16.2.